The smallest absolute Gasteiger partial charge is 0.233 e. The largest absolute Gasteiger partial charge is 0.351 e. The molecule has 1 aliphatic rings. The molecule has 2 aromatic rings. The molecule has 1 aliphatic heterocycles. The number of amides is 1. The van der Waals surface area contributed by atoms with E-state index in [1.54, 1.807) is 6.92 Å². The lowest BCUT2D eigenvalue weighted by Crippen LogP contribution is -2.40. The predicted molar refractivity (Wildman–Crippen MR) is 101 cm³/mol. The maximum absolute atomic E-state index is 12.3. The highest BCUT2D eigenvalue weighted by molar-refractivity contribution is 8.00. The van der Waals surface area contributed by atoms with Crippen LogP contribution in [0.25, 0.3) is 11.4 Å². The number of aromatic nitrogens is 3. The summed E-state index contributed by atoms with van der Waals surface area (Å²) in [4.78, 5) is 12.3. The lowest BCUT2D eigenvalue weighted by molar-refractivity contribution is -0.120. The zero-order valence-corrected chi connectivity index (χ0v) is 16.2. The third kappa shape index (κ3) is 4.01. The number of rotatable bonds is 5. The van der Waals surface area contributed by atoms with Crippen molar-refractivity contribution in [1.29, 1.82) is 0 Å². The number of hydrogen-bond acceptors (Lipinski definition) is 7. The second kappa shape index (κ2) is 7.28. The molecule has 0 bridgehead atoms. The van der Waals surface area contributed by atoms with Crippen molar-refractivity contribution in [2.45, 2.75) is 36.7 Å². The Morgan fingerprint density at radius 1 is 1.38 bits per heavy atom. The minimum atomic E-state index is -3.03. The molecule has 2 heterocycles. The molecule has 1 amide bonds. The molecule has 2 atom stereocenters. The fraction of sp³-hybridized carbons (Fsp3) is 0.438. The number of aryl methyl sites for hydroxylation is 1. The van der Waals surface area contributed by atoms with E-state index < -0.39 is 15.1 Å². The van der Waals surface area contributed by atoms with Crippen molar-refractivity contribution in [3.8, 4) is 11.4 Å². The van der Waals surface area contributed by atoms with Gasteiger partial charge in [0.25, 0.3) is 0 Å². The molecule has 0 unspecified atom stereocenters. The first-order valence-corrected chi connectivity index (χ1v) is 10.9. The summed E-state index contributed by atoms with van der Waals surface area (Å²) >= 11 is 1.19. The molecular formula is C16H21N5O3S2. The molecule has 3 rings (SSSR count). The number of carbonyl (C=O) groups excluding carboxylic acids is 1. The van der Waals surface area contributed by atoms with Crippen LogP contribution >= 0.6 is 11.8 Å². The molecule has 1 fully saturated rings. The lowest BCUT2D eigenvalue weighted by Gasteiger charge is -2.15. The van der Waals surface area contributed by atoms with Gasteiger partial charge >= 0.3 is 0 Å². The van der Waals surface area contributed by atoms with Gasteiger partial charge in [-0.05, 0) is 25.8 Å². The summed E-state index contributed by atoms with van der Waals surface area (Å²) in [7, 11) is -3.03. The topological polar surface area (TPSA) is 120 Å². The maximum atomic E-state index is 12.3. The Kier molecular flexibility index (Phi) is 5.24. The fourth-order valence-corrected chi connectivity index (χ4v) is 5.26. The van der Waals surface area contributed by atoms with Crippen molar-refractivity contribution in [2.75, 3.05) is 17.3 Å². The van der Waals surface area contributed by atoms with Crippen molar-refractivity contribution in [2.24, 2.45) is 0 Å². The van der Waals surface area contributed by atoms with Gasteiger partial charge in [0.1, 0.15) is 0 Å². The maximum Gasteiger partial charge on any atom is 0.233 e. The highest BCUT2D eigenvalue weighted by atomic mass is 32.2. The van der Waals surface area contributed by atoms with Crippen LogP contribution in [-0.4, -0.2) is 52.0 Å². The molecule has 1 aromatic heterocycles. The summed E-state index contributed by atoms with van der Waals surface area (Å²) in [5.74, 6) is 6.52. The average molecular weight is 396 g/mol. The number of nitrogens with two attached hydrogens (primary N) is 1. The monoisotopic (exact) mass is 395 g/mol. The average Bonchev–Trinajstić information content (AvgIpc) is 3.10. The minimum absolute atomic E-state index is 0.000625. The first-order chi connectivity index (χ1) is 12.3. The van der Waals surface area contributed by atoms with Crippen LogP contribution in [-0.2, 0) is 14.6 Å². The zero-order valence-electron chi connectivity index (χ0n) is 14.5. The number of thioether (sulfide) groups is 1. The molecule has 0 spiro atoms. The molecule has 140 valence electrons. The SMILES string of the molecule is Cc1ccccc1-c1nnc(S[C@@H](C)C(=O)N[C@@H]2CCS(=O)(=O)C2)n1N. The van der Waals surface area contributed by atoms with E-state index in [2.05, 4.69) is 15.5 Å². The number of benzene rings is 1. The Labute approximate surface area is 156 Å². The van der Waals surface area contributed by atoms with Crippen molar-refractivity contribution in [3.05, 3.63) is 29.8 Å². The Hall–Kier alpha value is -2.07. The molecule has 1 aromatic carbocycles. The van der Waals surface area contributed by atoms with Gasteiger partial charge in [0.05, 0.1) is 16.8 Å². The molecule has 0 radical (unpaired) electrons. The van der Waals surface area contributed by atoms with Crippen molar-refractivity contribution < 1.29 is 13.2 Å². The summed E-state index contributed by atoms with van der Waals surface area (Å²) in [6, 6.07) is 7.38. The van der Waals surface area contributed by atoms with Crippen LogP contribution in [0.15, 0.2) is 29.4 Å². The van der Waals surface area contributed by atoms with Gasteiger partial charge < -0.3 is 11.2 Å². The van der Waals surface area contributed by atoms with Crippen molar-refractivity contribution in [3.63, 3.8) is 0 Å². The summed E-state index contributed by atoms with van der Waals surface area (Å²) in [6.45, 7) is 3.69. The van der Waals surface area contributed by atoms with Gasteiger partial charge in [0.2, 0.25) is 11.1 Å². The van der Waals surface area contributed by atoms with Gasteiger partial charge in [0, 0.05) is 11.6 Å². The standard InChI is InChI=1S/C16H21N5O3S2/c1-10-5-3-4-6-13(10)14-19-20-16(21(14)17)25-11(2)15(22)18-12-7-8-26(23,24)9-12/h3-6,11-12H,7-9,17H2,1-2H3,(H,18,22)/t11-,12+/m0/s1. The van der Waals surface area contributed by atoms with E-state index in [1.165, 1.54) is 16.4 Å². The van der Waals surface area contributed by atoms with Gasteiger partial charge in [0.15, 0.2) is 15.7 Å². The van der Waals surface area contributed by atoms with Gasteiger partial charge in [-0.3, -0.25) is 4.79 Å². The summed E-state index contributed by atoms with van der Waals surface area (Å²) in [5, 5.41) is 11.0. The number of hydrogen-bond donors (Lipinski definition) is 2. The summed E-state index contributed by atoms with van der Waals surface area (Å²) < 4.78 is 24.4. The first kappa shape index (κ1) is 18.7. The van der Waals surface area contributed by atoms with Crippen LogP contribution < -0.4 is 11.2 Å². The molecule has 0 saturated carbocycles. The molecule has 3 N–H and O–H groups in total. The van der Waals surface area contributed by atoms with Crippen LogP contribution in [0.4, 0.5) is 0 Å². The third-order valence-electron chi connectivity index (χ3n) is 4.28. The van der Waals surface area contributed by atoms with E-state index in [1.807, 2.05) is 31.2 Å². The summed E-state index contributed by atoms with van der Waals surface area (Å²) in [6.07, 6.45) is 0.454. The number of sulfone groups is 1. The van der Waals surface area contributed by atoms with Gasteiger partial charge in [-0.2, -0.15) is 0 Å². The van der Waals surface area contributed by atoms with E-state index in [0.717, 1.165) is 11.1 Å². The van der Waals surface area contributed by atoms with E-state index in [-0.39, 0.29) is 23.5 Å². The zero-order chi connectivity index (χ0) is 18.9. The van der Waals surface area contributed by atoms with Crippen molar-refractivity contribution >= 4 is 27.5 Å². The number of nitrogen functional groups attached to an aromatic ring is 1. The fourth-order valence-electron chi connectivity index (χ4n) is 2.80. The van der Waals surface area contributed by atoms with Gasteiger partial charge in [-0.25, -0.2) is 13.1 Å². The Balaban J connectivity index is 1.67. The minimum Gasteiger partial charge on any atom is -0.351 e. The van der Waals surface area contributed by atoms with Gasteiger partial charge in [-0.1, -0.05) is 36.0 Å². The third-order valence-corrected chi connectivity index (χ3v) is 7.11. The van der Waals surface area contributed by atoms with Crippen LogP contribution in [0.3, 0.4) is 0 Å². The lowest BCUT2D eigenvalue weighted by atomic mass is 10.1. The predicted octanol–water partition coefficient (Wildman–Crippen LogP) is 0.751. The molecular weight excluding hydrogens is 374 g/mol. The van der Waals surface area contributed by atoms with E-state index >= 15 is 0 Å². The highest BCUT2D eigenvalue weighted by Gasteiger charge is 2.30. The van der Waals surface area contributed by atoms with Crippen LogP contribution in [0.2, 0.25) is 0 Å². The van der Waals surface area contributed by atoms with E-state index in [0.29, 0.717) is 17.4 Å². The Bertz CT molecular complexity index is 926. The van der Waals surface area contributed by atoms with Crippen molar-refractivity contribution in [1.82, 2.24) is 20.2 Å². The molecule has 0 aliphatic carbocycles. The number of nitrogens with zero attached hydrogens (tertiary/aromatic N) is 3. The quantitative estimate of drug-likeness (QED) is 0.566. The molecule has 26 heavy (non-hydrogen) atoms. The van der Waals surface area contributed by atoms with E-state index in [4.69, 9.17) is 5.84 Å². The van der Waals surface area contributed by atoms with Crippen LogP contribution in [0.1, 0.15) is 18.9 Å². The second-order valence-corrected chi connectivity index (χ2v) is 9.90. The Morgan fingerprint density at radius 2 is 2.12 bits per heavy atom. The molecule has 8 nitrogen and oxygen atoms in total. The molecule has 10 heteroatoms. The number of carbonyl (C=O) groups is 1. The normalized spacial score (nSPS) is 20.0. The van der Waals surface area contributed by atoms with Crippen LogP contribution in [0.5, 0.6) is 0 Å². The second-order valence-electron chi connectivity index (χ2n) is 6.36. The molecule has 1 saturated heterocycles. The van der Waals surface area contributed by atoms with Crippen LogP contribution in [0, 0.1) is 6.92 Å². The highest BCUT2D eigenvalue weighted by Crippen LogP contribution is 2.26. The number of nitrogens with one attached hydrogen (secondary N) is 1. The first-order valence-electron chi connectivity index (χ1n) is 8.21. The van der Waals surface area contributed by atoms with E-state index in [9.17, 15) is 13.2 Å². The summed E-state index contributed by atoms with van der Waals surface area (Å²) in [5.41, 5.74) is 1.90. The van der Waals surface area contributed by atoms with Gasteiger partial charge in [-0.15, -0.1) is 10.2 Å². The Morgan fingerprint density at radius 3 is 2.77 bits per heavy atom.